The van der Waals surface area contributed by atoms with E-state index in [1.807, 2.05) is 0 Å². The van der Waals surface area contributed by atoms with Crippen LogP contribution >= 0.6 is 0 Å². The molecule has 0 aromatic rings. The summed E-state index contributed by atoms with van der Waals surface area (Å²) < 4.78 is 30.7. The second-order valence-corrected chi connectivity index (χ2v) is 4.12. The number of aliphatic hydroxyl groups excluding tert-OH is 1. The van der Waals surface area contributed by atoms with Gasteiger partial charge in [-0.3, -0.25) is 0 Å². The first-order chi connectivity index (χ1) is 6.58. The van der Waals surface area contributed by atoms with Crippen molar-refractivity contribution in [1.82, 2.24) is 0 Å². The summed E-state index contributed by atoms with van der Waals surface area (Å²) in [6.07, 6.45) is 1.58. The Morgan fingerprint density at radius 3 is 2.86 bits per heavy atom. The zero-order valence-corrected chi connectivity index (χ0v) is 7.88. The van der Waals surface area contributed by atoms with Gasteiger partial charge < -0.3 is 9.84 Å². The number of ether oxygens (including phenoxy) is 1. The predicted molar refractivity (Wildman–Crippen MR) is 46.9 cm³/mol. The fraction of sp³-hybridized carbons (Fsp3) is 0.800. The molecule has 1 aliphatic heterocycles. The van der Waals surface area contributed by atoms with Crippen molar-refractivity contribution in [2.45, 2.75) is 37.7 Å². The SMILES string of the molecule is OC(C1=COCC1)C1CCC(F)(F)C1. The van der Waals surface area contributed by atoms with Crippen molar-refractivity contribution in [2.24, 2.45) is 5.92 Å². The van der Waals surface area contributed by atoms with Crippen LogP contribution in [-0.2, 0) is 4.74 Å². The van der Waals surface area contributed by atoms with Gasteiger partial charge in [0.2, 0.25) is 5.92 Å². The van der Waals surface area contributed by atoms with Crippen molar-refractivity contribution >= 4 is 0 Å². The molecule has 0 aromatic carbocycles. The summed E-state index contributed by atoms with van der Waals surface area (Å²) in [5, 5.41) is 9.80. The van der Waals surface area contributed by atoms with Gasteiger partial charge in [-0.1, -0.05) is 0 Å². The van der Waals surface area contributed by atoms with Crippen LogP contribution in [0.4, 0.5) is 8.78 Å². The summed E-state index contributed by atoms with van der Waals surface area (Å²) >= 11 is 0. The number of hydrogen-bond donors (Lipinski definition) is 1. The van der Waals surface area contributed by atoms with Crippen molar-refractivity contribution in [3.8, 4) is 0 Å². The molecule has 0 spiro atoms. The van der Waals surface area contributed by atoms with Gasteiger partial charge in [0.1, 0.15) is 0 Å². The first kappa shape index (κ1) is 9.90. The van der Waals surface area contributed by atoms with Crippen molar-refractivity contribution < 1.29 is 18.6 Å². The molecule has 1 fully saturated rings. The molecular weight excluding hydrogens is 190 g/mol. The summed E-state index contributed by atoms with van der Waals surface area (Å²) in [7, 11) is 0. The molecule has 2 atom stereocenters. The van der Waals surface area contributed by atoms with Crippen LogP contribution in [0.15, 0.2) is 11.8 Å². The zero-order chi connectivity index (χ0) is 10.2. The van der Waals surface area contributed by atoms with Crippen LogP contribution in [0.1, 0.15) is 25.7 Å². The third-order valence-electron chi connectivity index (χ3n) is 3.01. The second kappa shape index (κ2) is 3.50. The van der Waals surface area contributed by atoms with Gasteiger partial charge in [0.25, 0.3) is 0 Å². The number of alkyl halides is 2. The highest BCUT2D eigenvalue weighted by Crippen LogP contribution is 2.42. The fourth-order valence-electron chi connectivity index (χ4n) is 2.18. The maximum Gasteiger partial charge on any atom is 0.248 e. The molecule has 1 aliphatic carbocycles. The van der Waals surface area contributed by atoms with E-state index in [1.165, 1.54) is 6.26 Å². The lowest BCUT2D eigenvalue weighted by molar-refractivity contribution is -0.00204. The summed E-state index contributed by atoms with van der Waals surface area (Å²) in [5.41, 5.74) is 0.771. The Morgan fingerprint density at radius 1 is 1.57 bits per heavy atom. The largest absolute Gasteiger partial charge is 0.501 e. The van der Waals surface area contributed by atoms with Gasteiger partial charge in [0, 0.05) is 19.3 Å². The van der Waals surface area contributed by atoms with E-state index in [1.54, 1.807) is 0 Å². The van der Waals surface area contributed by atoms with Crippen molar-refractivity contribution in [1.29, 1.82) is 0 Å². The van der Waals surface area contributed by atoms with Gasteiger partial charge in [-0.25, -0.2) is 8.78 Å². The Balaban J connectivity index is 1.96. The van der Waals surface area contributed by atoms with E-state index in [9.17, 15) is 13.9 Å². The molecule has 0 amide bonds. The lowest BCUT2D eigenvalue weighted by Crippen LogP contribution is -2.21. The van der Waals surface area contributed by atoms with Crippen LogP contribution in [0, 0.1) is 5.92 Å². The first-order valence-corrected chi connectivity index (χ1v) is 4.95. The third kappa shape index (κ3) is 1.90. The zero-order valence-electron chi connectivity index (χ0n) is 7.88. The maximum absolute atomic E-state index is 12.9. The Labute approximate surface area is 81.6 Å². The Hall–Kier alpha value is -0.640. The molecule has 0 saturated heterocycles. The monoisotopic (exact) mass is 204 g/mol. The Kier molecular flexibility index (Phi) is 2.47. The van der Waals surface area contributed by atoms with Gasteiger partial charge >= 0.3 is 0 Å². The highest BCUT2D eigenvalue weighted by molar-refractivity contribution is 5.11. The van der Waals surface area contributed by atoms with Gasteiger partial charge in [-0.15, -0.1) is 0 Å². The van der Waals surface area contributed by atoms with Gasteiger partial charge in [-0.05, 0) is 17.9 Å². The Morgan fingerprint density at radius 2 is 2.36 bits per heavy atom. The van der Waals surface area contributed by atoms with E-state index in [4.69, 9.17) is 4.74 Å². The molecule has 2 rings (SSSR count). The highest BCUT2D eigenvalue weighted by Gasteiger charge is 2.43. The van der Waals surface area contributed by atoms with Gasteiger partial charge in [-0.2, -0.15) is 0 Å². The van der Waals surface area contributed by atoms with Crippen molar-refractivity contribution in [3.05, 3.63) is 11.8 Å². The van der Waals surface area contributed by atoms with E-state index in [0.29, 0.717) is 19.4 Å². The van der Waals surface area contributed by atoms with Crippen LogP contribution in [0.3, 0.4) is 0 Å². The van der Waals surface area contributed by atoms with E-state index in [2.05, 4.69) is 0 Å². The lowest BCUT2D eigenvalue weighted by Gasteiger charge is -2.18. The topological polar surface area (TPSA) is 29.5 Å². The standard InChI is InChI=1S/C10H14F2O2/c11-10(12)3-1-7(5-10)9(13)8-2-4-14-6-8/h6-7,9,13H,1-5H2. The summed E-state index contributed by atoms with van der Waals surface area (Å²) in [6.45, 7) is 0.565. The predicted octanol–water partition coefficient (Wildman–Crippen LogP) is 2.09. The van der Waals surface area contributed by atoms with Crippen LogP contribution in [-0.4, -0.2) is 23.7 Å². The summed E-state index contributed by atoms with van der Waals surface area (Å²) in [5.74, 6) is -2.87. The minimum Gasteiger partial charge on any atom is -0.501 e. The van der Waals surface area contributed by atoms with E-state index < -0.39 is 12.0 Å². The average molecular weight is 204 g/mol. The number of hydrogen-bond acceptors (Lipinski definition) is 2. The average Bonchev–Trinajstić information content (AvgIpc) is 2.72. The minimum absolute atomic E-state index is 0.0944. The molecule has 80 valence electrons. The third-order valence-corrected chi connectivity index (χ3v) is 3.01. The fourth-order valence-corrected chi connectivity index (χ4v) is 2.18. The number of halogens is 2. The molecule has 0 bridgehead atoms. The molecule has 1 saturated carbocycles. The van der Waals surface area contributed by atoms with Crippen molar-refractivity contribution in [2.75, 3.05) is 6.61 Å². The molecule has 2 nitrogen and oxygen atoms in total. The molecule has 14 heavy (non-hydrogen) atoms. The van der Waals surface area contributed by atoms with E-state index >= 15 is 0 Å². The molecule has 0 aromatic heterocycles. The molecular formula is C10H14F2O2. The lowest BCUT2D eigenvalue weighted by atomic mass is 9.94. The molecule has 4 heteroatoms. The molecule has 2 aliphatic rings. The molecule has 1 heterocycles. The van der Waals surface area contributed by atoms with E-state index in [0.717, 1.165) is 5.57 Å². The quantitative estimate of drug-likeness (QED) is 0.746. The van der Waals surface area contributed by atoms with Gasteiger partial charge in [0.05, 0.1) is 19.0 Å². The van der Waals surface area contributed by atoms with Crippen LogP contribution < -0.4 is 0 Å². The van der Waals surface area contributed by atoms with E-state index in [-0.39, 0.29) is 18.8 Å². The summed E-state index contributed by atoms with van der Waals surface area (Å²) in [4.78, 5) is 0. The van der Waals surface area contributed by atoms with Crippen LogP contribution in [0.2, 0.25) is 0 Å². The molecule has 0 radical (unpaired) electrons. The second-order valence-electron chi connectivity index (χ2n) is 4.12. The minimum atomic E-state index is -2.58. The molecule has 2 unspecified atom stereocenters. The van der Waals surface area contributed by atoms with Gasteiger partial charge in [0.15, 0.2) is 0 Å². The summed E-state index contributed by atoms with van der Waals surface area (Å²) in [6, 6.07) is 0. The van der Waals surface area contributed by atoms with Crippen molar-refractivity contribution in [3.63, 3.8) is 0 Å². The van der Waals surface area contributed by atoms with Crippen LogP contribution in [0.5, 0.6) is 0 Å². The maximum atomic E-state index is 12.9. The number of aliphatic hydroxyl groups is 1. The number of rotatable bonds is 2. The highest BCUT2D eigenvalue weighted by atomic mass is 19.3. The molecule has 1 N–H and O–H groups in total. The smallest absolute Gasteiger partial charge is 0.248 e. The normalized spacial score (nSPS) is 32.5. The first-order valence-electron chi connectivity index (χ1n) is 4.95. The van der Waals surface area contributed by atoms with Crippen LogP contribution in [0.25, 0.3) is 0 Å². The Bertz CT molecular complexity index is 251.